The molecule has 2 fully saturated rings. The van der Waals surface area contributed by atoms with Crippen molar-refractivity contribution in [1.82, 2.24) is 5.32 Å². The number of hydrogen-bond donors (Lipinski definition) is 2. The lowest BCUT2D eigenvalue weighted by Gasteiger charge is -2.17. The van der Waals surface area contributed by atoms with E-state index >= 15 is 0 Å². The van der Waals surface area contributed by atoms with Crippen molar-refractivity contribution in [3.8, 4) is 0 Å². The first-order chi connectivity index (χ1) is 9.24. The Kier molecular flexibility index (Phi) is 3.51. The predicted octanol–water partition coefficient (Wildman–Crippen LogP) is 2.54. The van der Waals surface area contributed by atoms with Crippen LogP contribution >= 0.6 is 0 Å². The lowest BCUT2D eigenvalue weighted by Crippen LogP contribution is -2.39. The maximum Gasteiger partial charge on any atom is 0.238 e. The minimum Gasteiger partial charge on any atom is -0.322 e. The highest BCUT2D eigenvalue weighted by Gasteiger charge is 2.41. The van der Waals surface area contributed by atoms with Crippen LogP contribution in [0.1, 0.15) is 25.7 Å². The van der Waals surface area contributed by atoms with Crippen LogP contribution < -0.4 is 10.6 Å². The van der Waals surface area contributed by atoms with Gasteiger partial charge in [0, 0.05) is 6.04 Å². The second-order valence-electron chi connectivity index (χ2n) is 5.61. The van der Waals surface area contributed by atoms with Crippen LogP contribution in [0.2, 0.25) is 0 Å². The third-order valence-corrected chi connectivity index (χ3v) is 3.91. The molecule has 0 unspecified atom stereocenters. The highest BCUT2D eigenvalue weighted by atomic mass is 19.1. The van der Waals surface area contributed by atoms with Crippen molar-refractivity contribution >= 4 is 11.6 Å². The van der Waals surface area contributed by atoms with Gasteiger partial charge < -0.3 is 10.6 Å². The molecule has 0 aromatic heterocycles. The van der Waals surface area contributed by atoms with Gasteiger partial charge in [0.25, 0.3) is 0 Å². The molecule has 0 spiro atoms. The molecule has 1 amide bonds. The second-order valence-corrected chi connectivity index (χ2v) is 5.61. The highest BCUT2D eigenvalue weighted by Crippen LogP contribution is 2.44. The van der Waals surface area contributed by atoms with E-state index in [1.54, 1.807) is 18.2 Å². The Morgan fingerprint density at radius 1 is 1.21 bits per heavy atom. The van der Waals surface area contributed by atoms with E-state index in [2.05, 4.69) is 10.6 Å². The Balaban J connectivity index is 1.49. The van der Waals surface area contributed by atoms with Crippen molar-refractivity contribution in [1.29, 1.82) is 0 Å². The number of anilines is 1. The summed E-state index contributed by atoms with van der Waals surface area (Å²) < 4.78 is 13.4. The Bertz CT molecular complexity index is 457. The van der Waals surface area contributed by atoms with Crippen molar-refractivity contribution in [3.05, 3.63) is 30.1 Å². The van der Waals surface area contributed by atoms with Crippen molar-refractivity contribution in [3.63, 3.8) is 0 Å². The number of carbonyl (C=O) groups excluding carboxylic acids is 1. The number of benzene rings is 1. The fraction of sp³-hybridized carbons (Fsp3) is 0.533. The molecular formula is C15H19FN2O. The first-order valence-corrected chi connectivity index (χ1v) is 7.02. The van der Waals surface area contributed by atoms with E-state index in [1.807, 2.05) is 0 Å². The molecule has 0 saturated heterocycles. The zero-order chi connectivity index (χ0) is 13.2. The monoisotopic (exact) mass is 262 g/mol. The molecule has 0 heterocycles. The summed E-state index contributed by atoms with van der Waals surface area (Å²) in [5.74, 6) is 0.954. The molecular weight excluding hydrogens is 243 g/mol. The van der Waals surface area contributed by atoms with Crippen LogP contribution in [0.4, 0.5) is 10.1 Å². The smallest absolute Gasteiger partial charge is 0.238 e. The van der Waals surface area contributed by atoms with Gasteiger partial charge in [-0.1, -0.05) is 12.1 Å². The number of nitrogens with one attached hydrogen (secondary N) is 2. The number of hydrogen-bond acceptors (Lipinski definition) is 2. The molecule has 2 saturated carbocycles. The molecule has 19 heavy (non-hydrogen) atoms. The number of para-hydroxylation sites is 1. The highest BCUT2D eigenvalue weighted by molar-refractivity contribution is 5.92. The van der Waals surface area contributed by atoms with Gasteiger partial charge >= 0.3 is 0 Å². The average Bonchev–Trinajstić information content (AvgIpc) is 3.26. The fourth-order valence-electron chi connectivity index (χ4n) is 2.60. The van der Waals surface area contributed by atoms with E-state index < -0.39 is 5.82 Å². The maximum atomic E-state index is 13.4. The number of halogens is 1. The molecule has 102 valence electrons. The Hall–Kier alpha value is -1.42. The summed E-state index contributed by atoms with van der Waals surface area (Å²) in [5, 5.41) is 5.96. The lowest BCUT2D eigenvalue weighted by atomic mass is 10.1. The maximum absolute atomic E-state index is 13.4. The van der Waals surface area contributed by atoms with Crippen molar-refractivity contribution in [2.45, 2.75) is 31.7 Å². The van der Waals surface area contributed by atoms with Gasteiger partial charge in [-0.05, 0) is 49.7 Å². The van der Waals surface area contributed by atoms with Crippen molar-refractivity contribution < 1.29 is 9.18 Å². The number of amides is 1. The Labute approximate surface area is 112 Å². The molecule has 1 aromatic rings. The number of carbonyl (C=O) groups is 1. The Morgan fingerprint density at radius 3 is 2.42 bits per heavy atom. The molecule has 0 bridgehead atoms. The summed E-state index contributed by atoms with van der Waals surface area (Å²) in [7, 11) is 0. The van der Waals surface area contributed by atoms with Crippen LogP contribution in [0.25, 0.3) is 0 Å². The minimum absolute atomic E-state index is 0.170. The van der Waals surface area contributed by atoms with Crippen LogP contribution in [-0.2, 0) is 4.79 Å². The second kappa shape index (κ2) is 5.29. The van der Waals surface area contributed by atoms with Crippen molar-refractivity contribution in [2.75, 3.05) is 11.9 Å². The normalized spacial score (nSPS) is 18.6. The SMILES string of the molecule is O=C(CNC(C1CC1)C1CC1)Nc1ccccc1F. The summed E-state index contributed by atoms with van der Waals surface area (Å²) in [4.78, 5) is 11.8. The van der Waals surface area contributed by atoms with E-state index in [1.165, 1.54) is 31.7 Å². The van der Waals surface area contributed by atoms with Gasteiger partial charge in [-0.3, -0.25) is 4.79 Å². The topological polar surface area (TPSA) is 41.1 Å². The largest absolute Gasteiger partial charge is 0.322 e. The lowest BCUT2D eigenvalue weighted by molar-refractivity contribution is -0.115. The predicted molar refractivity (Wildman–Crippen MR) is 72.3 cm³/mol. The summed E-state index contributed by atoms with van der Waals surface area (Å²) in [6.07, 6.45) is 5.12. The number of rotatable bonds is 6. The van der Waals surface area contributed by atoms with Gasteiger partial charge in [-0.25, -0.2) is 4.39 Å². The average molecular weight is 262 g/mol. The summed E-state index contributed by atoms with van der Waals surface area (Å²) in [5.41, 5.74) is 0.253. The van der Waals surface area contributed by atoms with Gasteiger partial charge in [0.15, 0.2) is 0 Å². The first-order valence-electron chi connectivity index (χ1n) is 7.02. The summed E-state index contributed by atoms with van der Waals surface area (Å²) in [6, 6.07) is 6.74. The quantitative estimate of drug-likeness (QED) is 0.827. The van der Waals surface area contributed by atoms with Crippen LogP contribution in [0, 0.1) is 17.7 Å². The van der Waals surface area contributed by atoms with Gasteiger partial charge in [0.1, 0.15) is 5.82 Å². The van der Waals surface area contributed by atoms with E-state index in [0.717, 1.165) is 11.8 Å². The minimum atomic E-state index is -0.392. The molecule has 2 aliphatic rings. The summed E-state index contributed by atoms with van der Waals surface area (Å²) in [6.45, 7) is 0.270. The molecule has 2 aliphatic carbocycles. The van der Waals surface area contributed by atoms with Crippen molar-refractivity contribution in [2.24, 2.45) is 11.8 Å². The zero-order valence-corrected chi connectivity index (χ0v) is 10.9. The van der Waals surface area contributed by atoms with Gasteiger partial charge in [-0.2, -0.15) is 0 Å². The third-order valence-electron chi connectivity index (χ3n) is 3.91. The van der Waals surface area contributed by atoms with Crippen LogP contribution in [0.3, 0.4) is 0 Å². The Morgan fingerprint density at radius 2 is 1.84 bits per heavy atom. The molecule has 3 rings (SSSR count). The first kappa shape index (κ1) is 12.6. The van der Waals surface area contributed by atoms with Crippen LogP contribution in [0.5, 0.6) is 0 Å². The standard InChI is InChI=1S/C15H19FN2O/c16-12-3-1-2-4-13(12)18-14(19)9-17-15(10-5-6-10)11-7-8-11/h1-4,10-11,15,17H,5-9H2,(H,18,19). The molecule has 2 N–H and O–H groups in total. The molecule has 0 radical (unpaired) electrons. The molecule has 3 nitrogen and oxygen atoms in total. The van der Waals surface area contributed by atoms with E-state index in [9.17, 15) is 9.18 Å². The zero-order valence-electron chi connectivity index (χ0n) is 10.9. The third kappa shape index (κ3) is 3.32. The van der Waals surface area contributed by atoms with Crippen LogP contribution in [0.15, 0.2) is 24.3 Å². The van der Waals surface area contributed by atoms with E-state index in [-0.39, 0.29) is 18.1 Å². The van der Waals surface area contributed by atoms with Gasteiger partial charge in [0.05, 0.1) is 12.2 Å². The van der Waals surface area contributed by atoms with E-state index in [0.29, 0.717) is 6.04 Å². The molecule has 4 heteroatoms. The van der Waals surface area contributed by atoms with E-state index in [4.69, 9.17) is 0 Å². The molecule has 1 aromatic carbocycles. The van der Waals surface area contributed by atoms with Crippen LogP contribution in [-0.4, -0.2) is 18.5 Å². The molecule has 0 atom stereocenters. The molecule has 0 aliphatic heterocycles. The summed E-state index contributed by atoms with van der Waals surface area (Å²) >= 11 is 0. The fourth-order valence-corrected chi connectivity index (χ4v) is 2.60. The van der Waals surface area contributed by atoms with Gasteiger partial charge in [0.2, 0.25) is 5.91 Å². The van der Waals surface area contributed by atoms with Gasteiger partial charge in [-0.15, -0.1) is 0 Å².